The fourth-order valence-electron chi connectivity index (χ4n) is 5.72. The minimum atomic E-state index is -0.504. The minimum Gasteiger partial charge on any atom is -0.192 e. The van der Waals surface area contributed by atoms with Crippen molar-refractivity contribution in [1.82, 2.24) is 0 Å². The van der Waals surface area contributed by atoms with Gasteiger partial charge in [0.15, 0.2) is 0 Å². The van der Waals surface area contributed by atoms with Crippen molar-refractivity contribution in [3.63, 3.8) is 0 Å². The molecule has 0 unspecified atom stereocenters. The van der Waals surface area contributed by atoms with Gasteiger partial charge in [-0.25, -0.2) is 0 Å². The SMILES string of the molecule is N#CC(C#N)=C1C(C#N)=C(C#N)c2c1c(-c1ccc(C#N)cc1)c1c(c2-c2ccc(C#N)cc2)C(=C(C#N)C#N)C(C#N)=C1C#N. The van der Waals surface area contributed by atoms with Crippen LogP contribution in [0.15, 0.2) is 70.8 Å². The predicted molar refractivity (Wildman–Crippen MR) is 159 cm³/mol. The molecule has 46 heavy (non-hydrogen) atoms. The highest BCUT2D eigenvalue weighted by Gasteiger charge is 2.43. The third-order valence-corrected chi connectivity index (χ3v) is 7.50. The van der Waals surface area contributed by atoms with Gasteiger partial charge in [0.05, 0.1) is 45.6 Å². The van der Waals surface area contributed by atoms with Gasteiger partial charge in [-0.3, -0.25) is 0 Å². The number of hydrogen-bond acceptors (Lipinski definition) is 10. The summed E-state index contributed by atoms with van der Waals surface area (Å²) in [5.41, 5.74) is -0.691. The Bertz CT molecular complexity index is 2320. The van der Waals surface area contributed by atoms with Crippen LogP contribution in [0.1, 0.15) is 33.4 Å². The summed E-state index contributed by atoms with van der Waals surface area (Å²) in [7, 11) is 0. The highest BCUT2D eigenvalue weighted by Crippen LogP contribution is 2.59. The monoisotopic (exact) mass is 580 g/mol. The summed E-state index contributed by atoms with van der Waals surface area (Å²) in [5.74, 6) is 0. The highest BCUT2D eigenvalue weighted by atomic mass is 14.5. The van der Waals surface area contributed by atoms with E-state index in [-0.39, 0.29) is 77.9 Å². The van der Waals surface area contributed by atoms with Crippen LogP contribution in [-0.2, 0) is 0 Å². The fraction of sp³-hybridized carbons (Fsp3) is 0. The minimum absolute atomic E-state index is 0.0593. The second-order valence-electron chi connectivity index (χ2n) is 9.52. The Morgan fingerprint density at radius 2 is 0.630 bits per heavy atom. The van der Waals surface area contributed by atoms with Gasteiger partial charge in [-0.2, -0.15) is 52.6 Å². The van der Waals surface area contributed by atoms with E-state index in [4.69, 9.17) is 0 Å². The van der Waals surface area contributed by atoms with E-state index in [1.54, 1.807) is 24.3 Å². The molecule has 0 saturated carbocycles. The molecule has 0 N–H and O–H groups in total. The number of allylic oxidation sites excluding steroid dienone is 8. The Morgan fingerprint density at radius 3 is 0.870 bits per heavy atom. The van der Waals surface area contributed by atoms with Gasteiger partial charge in [0.2, 0.25) is 0 Å². The first-order valence-corrected chi connectivity index (χ1v) is 12.9. The molecule has 0 saturated heterocycles. The molecule has 0 amide bonds. The predicted octanol–water partition coefficient (Wildman–Crippen LogP) is 5.99. The van der Waals surface area contributed by atoms with Crippen molar-refractivity contribution in [3.8, 4) is 82.9 Å². The van der Waals surface area contributed by atoms with E-state index in [1.807, 2.05) is 36.4 Å². The quantitative estimate of drug-likeness (QED) is 0.320. The van der Waals surface area contributed by atoms with E-state index in [0.29, 0.717) is 11.1 Å². The maximum atomic E-state index is 10.5. The molecule has 2 aliphatic rings. The number of nitrogens with zero attached hydrogens (tertiary/aromatic N) is 10. The van der Waals surface area contributed by atoms with Crippen LogP contribution < -0.4 is 0 Å². The molecule has 10 nitrogen and oxygen atoms in total. The van der Waals surface area contributed by atoms with Crippen LogP contribution in [0.3, 0.4) is 0 Å². The molecule has 2 aliphatic carbocycles. The van der Waals surface area contributed by atoms with Gasteiger partial charge in [0, 0.05) is 33.4 Å². The molecule has 0 radical (unpaired) electrons. The van der Waals surface area contributed by atoms with Crippen molar-refractivity contribution in [2.24, 2.45) is 0 Å². The van der Waals surface area contributed by atoms with E-state index in [9.17, 15) is 52.6 Å². The van der Waals surface area contributed by atoms with Gasteiger partial charge in [0.1, 0.15) is 59.7 Å². The molecule has 0 bridgehead atoms. The first-order valence-electron chi connectivity index (χ1n) is 12.9. The first kappa shape index (κ1) is 29.0. The van der Waals surface area contributed by atoms with Crippen LogP contribution in [0.25, 0.3) is 44.5 Å². The van der Waals surface area contributed by atoms with Crippen LogP contribution in [0.5, 0.6) is 0 Å². The zero-order valence-corrected chi connectivity index (χ0v) is 23.1. The van der Waals surface area contributed by atoms with Gasteiger partial charge in [-0.05, 0) is 46.5 Å². The molecule has 0 aliphatic heterocycles. The molecule has 5 rings (SSSR count). The van der Waals surface area contributed by atoms with Crippen molar-refractivity contribution < 1.29 is 0 Å². The largest absolute Gasteiger partial charge is 0.192 e. The van der Waals surface area contributed by atoms with Crippen molar-refractivity contribution in [2.45, 2.75) is 0 Å². The molecular weight excluding hydrogens is 572 g/mol. The van der Waals surface area contributed by atoms with Gasteiger partial charge in [-0.1, -0.05) is 24.3 Å². The molecule has 0 fully saturated rings. The van der Waals surface area contributed by atoms with Crippen molar-refractivity contribution in [3.05, 3.63) is 104 Å². The van der Waals surface area contributed by atoms with Gasteiger partial charge >= 0.3 is 0 Å². The van der Waals surface area contributed by atoms with Crippen molar-refractivity contribution >= 4 is 22.3 Å². The average molecular weight is 581 g/mol. The zero-order valence-electron chi connectivity index (χ0n) is 23.1. The summed E-state index contributed by atoms with van der Waals surface area (Å²) in [6.45, 7) is 0. The Hall–Kier alpha value is -8.48. The number of nitriles is 10. The zero-order chi connectivity index (χ0) is 33.1. The topological polar surface area (TPSA) is 238 Å². The third kappa shape index (κ3) is 3.95. The molecule has 0 spiro atoms. The summed E-state index contributed by atoms with van der Waals surface area (Å²) in [6.07, 6.45) is 0. The number of rotatable bonds is 2. The van der Waals surface area contributed by atoms with Gasteiger partial charge in [-0.15, -0.1) is 0 Å². The van der Waals surface area contributed by atoms with Crippen LogP contribution in [0.4, 0.5) is 0 Å². The van der Waals surface area contributed by atoms with E-state index < -0.39 is 11.1 Å². The number of fused-ring (bicyclic) bond motifs is 2. The van der Waals surface area contributed by atoms with E-state index in [1.165, 1.54) is 48.5 Å². The van der Waals surface area contributed by atoms with Crippen molar-refractivity contribution in [1.29, 1.82) is 52.6 Å². The second kappa shape index (κ2) is 11.4. The standard InChI is InChI=1S/C36H8N10/c37-9-19-1-5-21(6-2-19)31-33-27(17-45)25(15-43)30(24(13-41)14-42)36(33)32(22-7-3-20(10-38)4-8-22)34-28(18-46)26(16-44)29(35(31)34)23(11-39)12-40/h1-8H. The van der Waals surface area contributed by atoms with Crippen LogP contribution in [0.2, 0.25) is 0 Å². The Labute approximate surface area is 261 Å². The number of benzene rings is 3. The van der Waals surface area contributed by atoms with Crippen LogP contribution >= 0.6 is 0 Å². The lowest BCUT2D eigenvalue weighted by molar-refractivity contribution is 1.43. The van der Waals surface area contributed by atoms with Crippen molar-refractivity contribution in [2.75, 3.05) is 0 Å². The first-order chi connectivity index (χ1) is 22.4. The molecular formula is C36H8N10. The number of hydrogen-bond donors (Lipinski definition) is 0. The van der Waals surface area contributed by atoms with Crippen LogP contribution in [0, 0.1) is 113 Å². The normalized spacial score (nSPS) is 11.9. The summed E-state index contributed by atoms with van der Waals surface area (Å²) >= 11 is 0. The Kier molecular flexibility index (Phi) is 7.21. The molecule has 0 heterocycles. The maximum Gasteiger partial charge on any atom is 0.138 e. The van der Waals surface area contributed by atoms with Crippen LogP contribution in [-0.4, -0.2) is 0 Å². The van der Waals surface area contributed by atoms with E-state index in [2.05, 4.69) is 0 Å². The highest BCUT2D eigenvalue weighted by molar-refractivity contribution is 6.23. The lowest BCUT2D eigenvalue weighted by Gasteiger charge is -2.22. The summed E-state index contributed by atoms with van der Waals surface area (Å²) < 4.78 is 0. The molecule has 3 aromatic rings. The second-order valence-corrected chi connectivity index (χ2v) is 9.52. The Morgan fingerprint density at radius 1 is 0.326 bits per heavy atom. The smallest absolute Gasteiger partial charge is 0.138 e. The van der Waals surface area contributed by atoms with Gasteiger partial charge in [0.25, 0.3) is 0 Å². The van der Waals surface area contributed by atoms with Gasteiger partial charge < -0.3 is 0 Å². The summed E-state index contributed by atoms with van der Waals surface area (Å²) in [6, 6.07) is 31.1. The molecule has 3 aromatic carbocycles. The summed E-state index contributed by atoms with van der Waals surface area (Å²) in [5, 5.41) is 101. The lowest BCUT2D eigenvalue weighted by Crippen LogP contribution is -2.04. The maximum absolute atomic E-state index is 10.5. The lowest BCUT2D eigenvalue weighted by atomic mass is 9.78. The molecule has 0 atom stereocenters. The third-order valence-electron chi connectivity index (χ3n) is 7.50. The fourth-order valence-corrected chi connectivity index (χ4v) is 5.72. The summed E-state index contributed by atoms with van der Waals surface area (Å²) in [4.78, 5) is 0. The molecule has 0 aromatic heterocycles. The molecule has 202 valence electrons. The van der Waals surface area contributed by atoms with E-state index in [0.717, 1.165) is 0 Å². The van der Waals surface area contributed by atoms with E-state index >= 15 is 0 Å². The Balaban J connectivity index is 2.26. The molecule has 10 heteroatoms. The average Bonchev–Trinajstić information content (AvgIpc) is 3.61.